The minimum atomic E-state index is -0.0161. The Morgan fingerprint density at radius 1 is 1.18 bits per heavy atom. The Morgan fingerprint density at radius 3 is 2.55 bits per heavy atom. The Balaban J connectivity index is 2.14. The van der Waals surface area contributed by atoms with E-state index in [-0.39, 0.29) is 5.78 Å². The number of ether oxygens (including phenoxy) is 1. The van der Waals surface area contributed by atoms with E-state index in [2.05, 4.69) is 5.10 Å². The number of nitrogens with zero attached hydrogens (tertiary/aromatic N) is 2. The molecule has 1 aromatic heterocycles. The van der Waals surface area contributed by atoms with E-state index < -0.39 is 0 Å². The van der Waals surface area contributed by atoms with Gasteiger partial charge in [0.25, 0.3) is 0 Å². The molecule has 1 heterocycles. The van der Waals surface area contributed by atoms with Crippen LogP contribution in [0.2, 0.25) is 0 Å². The van der Waals surface area contributed by atoms with Crippen molar-refractivity contribution in [1.29, 1.82) is 0 Å². The van der Waals surface area contributed by atoms with E-state index in [0.717, 1.165) is 22.2 Å². The molecule has 0 aliphatic heterocycles. The fraction of sp³-hybridized carbons (Fsp3) is 0.222. The molecule has 3 rings (SSSR count). The number of aromatic nitrogens is 2. The van der Waals surface area contributed by atoms with Crippen LogP contribution in [0.4, 0.5) is 0 Å². The van der Waals surface area contributed by atoms with Crippen LogP contribution in [0.25, 0.3) is 10.9 Å². The van der Waals surface area contributed by atoms with Gasteiger partial charge in [-0.05, 0) is 50.2 Å². The monoisotopic (exact) mass is 294 g/mol. The molecule has 0 atom stereocenters. The van der Waals surface area contributed by atoms with Crippen molar-refractivity contribution in [3.63, 3.8) is 0 Å². The van der Waals surface area contributed by atoms with Crippen molar-refractivity contribution in [3.8, 4) is 5.75 Å². The zero-order chi connectivity index (χ0) is 15.7. The molecule has 112 valence electrons. The number of carbonyl (C=O) groups excluding carboxylic acids is 1. The second-order valence-corrected chi connectivity index (χ2v) is 5.24. The van der Waals surface area contributed by atoms with Crippen LogP contribution in [0, 0.1) is 6.92 Å². The van der Waals surface area contributed by atoms with Crippen LogP contribution in [0.5, 0.6) is 5.75 Å². The Bertz CT molecular complexity index is 832. The molecule has 4 nitrogen and oxygen atoms in total. The van der Waals surface area contributed by atoms with E-state index in [1.165, 1.54) is 0 Å². The van der Waals surface area contributed by atoms with E-state index in [4.69, 9.17) is 4.74 Å². The van der Waals surface area contributed by atoms with Gasteiger partial charge in [-0.2, -0.15) is 5.10 Å². The Hall–Kier alpha value is -2.62. The van der Waals surface area contributed by atoms with E-state index in [1.54, 1.807) is 36.1 Å². The molecule has 0 bridgehead atoms. The Kier molecular flexibility index (Phi) is 3.67. The maximum absolute atomic E-state index is 12.9. The molecule has 0 unspecified atom stereocenters. The van der Waals surface area contributed by atoms with Crippen molar-refractivity contribution >= 4 is 16.7 Å². The zero-order valence-corrected chi connectivity index (χ0v) is 13.0. The highest BCUT2D eigenvalue weighted by molar-refractivity contribution is 6.15. The predicted molar refractivity (Wildman–Crippen MR) is 86.6 cm³/mol. The molecule has 4 heteroatoms. The molecule has 0 saturated carbocycles. The van der Waals surface area contributed by atoms with Gasteiger partial charge < -0.3 is 4.74 Å². The number of fused-ring (bicyclic) bond motifs is 1. The summed E-state index contributed by atoms with van der Waals surface area (Å²) in [5, 5.41) is 5.43. The first-order valence-corrected chi connectivity index (χ1v) is 7.30. The summed E-state index contributed by atoms with van der Waals surface area (Å²) in [4.78, 5) is 12.9. The highest BCUT2D eigenvalue weighted by Crippen LogP contribution is 2.23. The first-order chi connectivity index (χ1) is 10.6. The number of rotatable bonds is 4. The van der Waals surface area contributed by atoms with E-state index >= 15 is 0 Å². The molecule has 0 fully saturated rings. The molecule has 0 aliphatic carbocycles. The quantitative estimate of drug-likeness (QED) is 0.690. The van der Waals surface area contributed by atoms with Crippen LogP contribution < -0.4 is 4.74 Å². The van der Waals surface area contributed by atoms with E-state index in [9.17, 15) is 4.79 Å². The zero-order valence-electron chi connectivity index (χ0n) is 13.0. The van der Waals surface area contributed by atoms with Crippen LogP contribution in [0.1, 0.15) is 28.5 Å². The fourth-order valence-corrected chi connectivity index (χ4v) is 2.59. The van der Waals surface area contributed by atoms with Crippen molar-refractivity contribution in [2.75, 3.05) is 7.11 Å². The van der Waals surface area contributed by atoms with Crippen molar-refractivity contribution < 1.29 is 9.53 Å². The van der Waals surface area contributed by atoms with Crippen molar-refractivity contribution in [2.45, 2.75) is 20.4 Å². The third-order valence-corrected chi connectivity index (χ3v) is 3.76. The lowest BCUT2D eigenvalue weighted by molar-refractivity contribution is 0.103. The summed E-state index contributed by atoms with van der Waals surface area (Å²) in [5.74, 6) is 0.721. The van der Waals surface area contributed by atoms with Crippen molar-refractivity contribution in [1.82, 2.24) is 9.78 Å². The number of aryl methyl sites for hydroxylation is 2. The lowest BCUT2D eigenvalue weighted by Gasteiger charge is -2.06. The molecule has 0 radical (unpaired) electrons. The molecule has 3 aromatic rings. The van der Waals surface area contributed by atoms with E-state index in [0.29, 0.717) is 17.8 Å². The summed E-state index contributed by atoms with van der Waals surface area (Å²) in [6.45, 7) is 4.67. The minimum absolute atomic E-state index is 0.0161. The molecule has 0 N–H and O–H groups in total. The summed E-state index contributed by atoms with van der Waals surface area (Å²) in [7, 11) is 1.61. The lowest BCUT2D eigenvalue weighted by Crippen LogP contribution is -2.10. The molecule has 0 amide bonds. The van der Waals surface area contributed by atoms with Crippen LogP contribution in [-0.2, 0) is 6.54 Å². The summed E-state index contributed by atoms with van der Waals surface area (Å²) >= 11 is 0. The van der Waals surface area contributed by atoms with Gasteiger partial charge in [0.2, 0.25) is 5.78 Å². The van der Waals surface area contributed by atoms with Gasteiger partial charge in [0, 0.05) is 17.5 Å². The maximum Gasteiger partial charge on any atom is 0.211 e. The van der Waals surface area contributed by atoms with Gasteiger partial charge in [-0.15, -0.1) is 0 Å². The Labute approximate surface area is 129 Å². The Morgan fingerprint density at radius 2 is 1.91 bits per heavy atom. The number of methoxy groups -OCH3 is 1. The van der Waals surface area contributed by atoms with Gasteiger partial charge in [0.15, 0.2) is 0 Å². The predicted octanol–water partition coefficient (Wildman–Crippen LogP) is 3.60. The van der Waals surface area contributed by atoms with Crippen LogP contribution in [-0.4, -0.2) is 22.7 Å². The first kappa shape index (κ1) is 14.3. The number of carbonyl (C=O) groups is 1. The normalized spacial score (nSPS) is 10.9. The van der Waals surface area contributed by atoms with Crippen molar-refractivity contribution in [3.05, 3.63) is 59.3 Å². The maximum atomic E-state index is 12.9. The second-order valence-electron chi connectivity index (χ2n) is 5.24. The number of ketones is 1. The standard InChI is InChI=1S/C18H18N2O2/c1-4-20-17(15-11-12(2)5-10-16(15)19-20)18(21)13-6-8-14(22-3)9-7-13/h5-11H,4H2,1-3H3. The summed E-state index contributed by atoms with van der Waals surface area (Å²) < 4.78 is 6.92. The van der Waals surface area contributed by atoms with Crippen molar-refractivity contribution in [2.24, 2.45) is 0 Å². The van der Waals surface area contributed by atoms with Gasteiger partial charge in [-0.3, -0.25) is 9.48 Å². The SMILES string of the molecule is CCn1nc2ccc(C)cc2c1C(=O)c1ccc(OC)cc1. The third kappa shape index (κ3) is 2.37. The molecular formula is C18H18N2O2. The third-order valence-electron chi connectivity index (χ3n) is 3.76. The molecule has 0 aliphatic rings. The van der Waals surface area contributed by atoms with Gasteiger partial charge in [0.05, 0.1) is 12.6 Å². The second kappa shape index (κ2) is 5.64. The molecule has 0 spiro atoms. The van der Waals surface area contributed by atoms with Gasteiger partial charge in [0.1, 0.15) is 11.4 Å². The van der Waals surface area contributed by atoms with Crippen LogP contribution >= 0.6 is 0 Å². The molecule has 2 aromatic carbocycles. The largest absolute Gasteiger partial charge is 0.497 e. The smallest absolute Gasteiger partial charge is 0.211 e. The fourth-order valence-electron chi connectivity index (χ4n) is 2.59. The lowest BCUT2D eigenvalue weighted by atomic mass is 10.0. The highest BCUT2D eigenvalue weighted by atomic mass is 16.5. The minimum Gasteiger partial charge on any atom is -0.497 e. The van der Waals surface area contributed by atoms with Gasteiger partial charge in [-0.1, -0.05) is 11.6 Å². The summed E-state index contributed by atoms with van der Waals surface area (Å²) in [6, 6.07) is 13.2. The number of benzene rings is 2. The summed E-state index contributed by atoms with van der Waals surface area (Å²) in [6.07, 6.45) is 0. The molecule has 0 saturated heterocycles. The average molecular weight is 294 g/mol. The average Bonchev–Trinajstić information content (AvgIpc) is 2.92. The molecule has 22 heavy (non-hydrogen) atoms. The highest BCUT2D eigenvalue weighted by Gasteiger charge is 2.19. The topological polar surface area (TPSA) is 44.1 Å². The summed E-state index contributed by atoms with van der Waals surface area (Å²) in [5.41, 5.74) is 3.25. The van der Waals surface area contributed by atoms with Crippen LogP contribution in [0.15, 0.2) is 42.5 Å². The molecular weight excluding hydrogens is 276 g/mol. The number of hydrogen-bond acceptors (Lipinski definition) is 3. The number of hydrogen-bond donors (Lipinski definition) is 0. The van der Waals surface area contributed by atoms with Gasteiger partial charge >= 0.3 is 0 Å². The van der Waals surface area contributed by atoms with Crippen LogP contribution in [0.3, 0.4) is 0 Å². The first-order valence-electron chi connectivity index (χ1n) is 7.30. The van der Waals surface area contributed by atoms with Gasteiger partial charge in [-0.25, -0.2) is 0 Å². The van der Waals surface area contributed by atoms with E-state index in [1.807, 2.05) is 32.0 Å².